The summed E-state index contributed by atoms with van der Waals surface area (Å²) >= 11 is 6.29. The van der Waals surface area contributed by atoms with Gasteiger partial charge in [-0.1, -0.05) is 11.6 Å². The monoisotopic (exact) mass is 491 g/mol. The first-order valence-corrected chi connectivity index (χ1v) is 11.4. The summed E-state index contributed by atoms with van der Waals surface area (Å²) in [6.07, 6.45) is 6.90. The van der Waals surface area contributed by atoms with Crippen LogP contribution < -0.4 is 5.73 Å². The van der Waals surface area contributed by atoms with Crippen molar-refractivity contribution >= 4 is 28.9 Å². The van der Waals surface area contributed by atoms with E-state index in [0.29, 0.717) is 23.0 Å². The highest BCUT2D eigenvalue weighted by atomic mass is 35.5. The Morgan fingerprint density at radius 2 is 2.06 bits per heavy atom. The van der Waals surface area contributed by atoms with Crippen LogP contribution in [0.4, 0.5) is 10.2 Å². The Morgan fingerprint density at radius 1 is 1.17 bits per heavy atom. The molecule has 0 bridgehead atoms. The molecule has 12 heteroatoms. The fourth-order valence-corrected chi connectivity index (χ4v) is 5.11. The third-order valence-corrected chi connectivity index (χ3v) is 6.72. The summed E-state index contributed by atoms with van der Waals surface area (Å²) in [5.74, 6) is -0.0687. The molecule has 5 heterocycles. The van der Waals surface area contributed by atoms with Crippen molar-refractivity contribution in [3.63, 3.8) is 0 Å². The summed E-state index contributed by atoms with van der Waals surface area (Å²) in [7, 11) is 0. The van der Waals surface area contributed by atoms with Crippen molar-refractivity contribution in [2.24, 2.45) is 0 Å². The molecule has 3 aromatic heterocycles. The van der Waals surface area contributed by atoms with Crippen LogP contribution in [-0.2, 0) is 4.79 Å². The maximum Gasteiger partial charge on any atom is 0.247 e. The van der Waals surface area contributed by atoms with Gasteiger partial charge in [0.05, 0.1) is 29.2 Å². The second-order valence-corrected chi connectivity index (χ2v) is 8.98. The third-order valence-electron chi connectivity index (χ3n) is 6.48. The number of amides is 1. The van der Waals surface area contributed by atoms with Crippen LogP contribution in [0.25, 0.3) is 22.5 Å². The lowest BCUT2D eigenvalue weighted by Gasteiger charge is -2.33. The minimum Gasteiger partial charge on any atom is -0.384 e. The number of fused-ring (bicyclic) bond motifs is 1. The number of benzene rings is 1. The zero-order chi connectivity index (χ0) is 24.1. The second-order valence-electron chi connectivity index (χ2n) is 8.54. The molecule has 10 nitrogen and oxygen atoms in total. The largest absolute Gasteiger partial charge is 0.384 e. The van der Waals surface area contributed by atoms with Gasteiger partial charge in [0.1, 0.15) is 18.0 Å². The molecule has 0 aliphatic carbocycles. The summed E-state index contributed by atoms with van der Waals surface area (Å²) in [4.78, 5) is 26.5. The topological polar surface area (TPSA) is 132 Å². The Bertz CT molecular complexity index is 1470. The van der Waals surface area contributed by atoms with Crippen molar-refractivity contribution in [3.05, 3.63) is 71.3 Å². The number of halogens is 2. The van der Waals surface area contributed by atoms with Crippen molar-refractivity contribution in [3.8, 4) is 16.9 Å². The molecule has 1 saturated heterocycles. The Labute approximate surface area is 203 Å². The number of carbonyl (C=O) groups is 1. The molecule has 6 rings (SSSR count). The van der Waals surface area contributed by atoms with Gasteiger partial charge in [-0.25, -0.2) is 9.97 Å². The van der Waals surface area contributed by atoms with E-state index in [-0.39, 0.29) is 29.4 Å². The van der Waals surface area contributed by atoms with Crippen LogP contribution in [0.1, 0.15) is 36.7 Å². The molecule has 2 aliphatic rings. The molecule has 0 unspecified atom stereocenters. The molecule has 3 N–H and O–H groups in total. The van der Waals surface area contributed by atoms with E-state index in [0.717, 1.165) is 29.7 Å². The molecular formula is C23H19ClFN9O. The molecule has 0 spiro atoms. The fourth-order valence-electron chi connectivity index (χ4n) is 4.94. The number of tetrazole rings is 1. The predicted octanol–water partition coefficient (Wildman–Crippen LogP) is 3.34. The van der Waals surface area contributed by atoms with E-state index in [1.54, 1.807) is 29.1 Å². The van der Waals surface area contributed by atoms with Crippen LogP contribution in [-0.4, -0.2) is 52.0 Å². The minimum absolute atomic E-state index is 0.00307. The molecule has 176 valence electrons. The standard InChI is InChI=1S/C23H19ClFN9O/c24-13-1-4-18(33-11-28-31-32-33)16(9-13)12-7-14-2-5-19(34(14)21(35)8-12)23-27-10-17(29-23)15-3-6-20(26)30-22(15)25/h1,3-4,6,8-11,14,19H,2,5,7H2,(H2,26,30)(H,27,29)/t14-,19-/m1/s1. The SMILES string of the molecule is Nc1ccc(-c2cnc([C@H]3CC[C@@H]4CC(c5cc(Cl)ccc5-n5cnnn5)=CC(=O)N43)[nH]2)c(F)n1. The van der Waals surface area contributed by atoms with Gasteiger partial charge in [-0.05, 0) is 65.6 Å². The van der Waals surface area contributed by atoms with Gasteiger partial charge in [-0.3, -0.25) is 4.79 Å². The van der Waals surface area contributed by atoms with Gasteiger partial charge in [0.25, 0.3) is 0 Å². The van der Waals surface area contributed by atoms with E-state index < -0.39 is 5.95 Å². The lowest BCUT2D eigenvalue weighted by molar-refractivity contribution is -0.129. The normalized spacial score (nSPS) is 19.7. The van der Waals surface area contributed by atoms with Crippen molar-refractivity contribution < 1.29 is 9.18 Å². The number of hydrogen-bond acceptors (Lipinski definition) is 7. The van der Waals surface area contributed by atoms with Gasteiger partial charge in [0.2, 0.25) is 11.9 Å². The van der Waals surface area contributed by atoms with Gasteiger partial charge in [-0.2, -0.15) is 9.07 Å². The summed E-state index contributed by atoms with van der Waals surface area (Å²) in [5, 5.41) is 12.0. The third kappa shape index (κ3) is 3.73. The van der Waals surface area contributed by atoms with E-state index in [2.05, 4.69) is 30.5 Å². The summed E-state index contributed by atoms with van der Waals surface area (Å²) in [6, 6.07) is 8.27. The number of nitrogen functional groups attached to an aromatic ring is 1. The maximum absolute atomic E-state index is 14.3. The first-order valence-electron chi connectivity index (χ1n) is 11.0. The Morgan fingerprint density at radius 3 is 2.86 bits per heavy atom. The summed E-state index contributed by atoms with van der Waals surface area (Å²) in [6.45, 7) is 0. The molecule has 1 fully saturated rings. The molecule has 0 saturated carbocycles. The average Bonchev–Trinajstić information content (AvgIpc) is 3.59. The number of anilines is 1. The first kappa shape index (κ1) is 21.4. The number of pyridine rings is 1. The number of nitrogens with zero attached hydrogens (tertiary/aromatic N) is 7. The number of aromatic amines is 1. The van der Waals surface area contributed by atoms with E-state index >= 15 is 0 Å². The molecule has 1 aromatic carbocycles. The molecular weight excluding hydrogens is 473 g/mol. The number of nitrogens with two attached hydrogens (primary N) is 1. The van der Waals surface area contributed by atoms with E-state index in [1.165, 1.54) is 12.4 Å². The average molecular weight is 492 g/mol. The quantitative estimate of drug-likeness (QED) is 0.418. The Hall–Kier alpha value is -4.12. The number of rotatable bonds is 4. The highest BCUT2D eigenvalue weighted by Crippen LogP contribution is 2.43. The van der Waals surface area contributed by atoms with Crippen LogP contribution in [0, 0.1) is 5.95 Å². The Kier molecular flexibility index (Phi) is 5.06. The second kappa shape index (κ2) is 8.27. The van der Waals surface area contributed by atoms with Gasteiger partial charge in [0.15, 0.2) is 0 Å². The maximum atomic E-state index is 14.3. The first-order chi connectivity index (χ1) is 17.0. The molecule has 35 heavy (non-hydrogen) atoms. The van der Waals surface area contributed by atoms with Gasteiger partial charge in [-0.15, -0.1) is 5.10 Å². The van der Waals surface area contributed by atoms with E-state index in [9.17, 15) is 9.18 Å². The number of hydrogen-bond donors (Lipinski definition) is 2. The van der Waals surface area contributed by atoms with Gasteiger partial charge < -0.3 is 15.6 Å². The highest BCUT2D eigenvalue weighted by Gasteiger charge is 2.41. The van der Waals surface area contributed by atoms with Crippen molar-refractivity contribution in [2.75, 3.05) is 5.73 Å². The zero-order valence-corrected chi connectivity index (χ0v) is 19.0. The van der Waals surface area contributed by atoms with Gasteiger partial charge >= 0.3 is 0 Å². The number of carbonyl (C=O) groups excluding carboxylic acids is 1. The van der Waals surface area contributed by atoms with Crippen LogP contribution in [0.15, 0.2) is 48.9 Å². The minimum atomic E-state index is -0.675. The highest BCUT2D eigenvalue weighted by molar-refractivity contribution is 6.30. The molecule has 4 aromatic rings. The summed E-state index contributed by atoms with van der Waals surface area (Å²) < 4.78 is 15.8. The predicted molar refractivity (Wildman–Crippen MR) is 126 cm³/mol. The van der Waals surface area contributed by atoms with E-state index in [4.69, 9.17) is 17.3 Å². The van der Waals surface area contributed by atoms with Crippen molar-refractivity contribution in [2.45, 2.75) is 31.3 Å². The molecule has 1 amide bonds. The zero-order valence-electron chi connectivity index (χ0n) is 18.3. The summed E-state index contributed by atoms with van der Waals surface area (Å²) in [5.41, 5.74) is 8.75. The molecule has 2 aliphatic heterocycles. The Balaban J connectivity index is 1.31. The number of aromatic nitrogens is 7. The van der Waals surface area contributed by atoms with Crippen LogP contribution in [0.5, 0.6) is 0 Å². The lowest BCUT2D eigenvalue weighted by Crippen LogP contribution is -2.39. The number of nitrogens with one attached hydrogen (secondary N) is 1. The molecule has 0 radical (unpaired) electrons. The van der Waals surface area contributed by atoms with E-state index in [1.807, 2.05) is 17.0 Å². The fraction of sp³-hybridized carbons (Fsp3) is 0.217. The number of H-pyrrole nitrogens is 1. The van der Waals surface area contributed by atoms with Crippen LogP contribution in [0.3, 0.4) is 0 Å². The van der Waals surface area contributed by atoms with Crippen molar-refractivity contribution in [1.29, 1.82) is 0 Å². The molecule has 2 atom stereocenters. The van der Waals surface area contributed by atoms with Crippen LogP contribution >= 0.6 is 11.6 Å². The number of imidazole rings is 1. The van der Waals surface area contributed by atoms with Crippen molar-refractivity contribution in [1.82, 2.24) is 40.1 Å². The smallest absolute Gasteiger partial charge is 0.247 e. The van der Waals surface area contributed by atoms with Gasteiger partial charge in [0, 0.05) is 22.7 Å². The lowest BCUT2D eigenvalue weighted by atomic mass is 9.92. The van der Waals surface area contributed by atoms with Crippen LogP contribution in [0.2, 0.25) is 5.02 Å².